The number of halogens is 1. The molecular weight excluding hydrogens is 326 g/mol. The lowest BCUT2D eigenvalue weighted by Gasteiger charge is -2.07. The molecule has 0 aliphatic rings. The molecule has 0 saturated carbocycles. The highest BCUT2D eigenvalue weighted by Gasteiger charge is 2.02. The highest BCUT2D eigenvalue weighted by atomic mass is 79.9. The van der Waals surface area contributed by atoms with Gasteiger partial charge in [-0.25, -0.2) is 0 Å². The van der Waals surface area contributed by atoms with Crippen LogP contribution in [0.1, 0.15) is 25.7 Å². The lowest BCUT2D eigenvalue weighted by molar-refractivity contribution is -0.137. The van der Waals surface area contributed by atoms with Crippen molar-refractivity contribution in [2.75, 3.05) is 13.2 Å². The van der Waals surface area contributed by atoms with Crippen molar-refractivity contribution in [1.82, 2.24) is 5.32 Å². The van der Waals surface area contributed by atoms with Gasteiger partial charge in [-0.3, -0.25) is 9.59 Å². The quantitative estimate of drug-likeness (QED) is 0.675. The molecule has 0 atom stereocenters. The normalized spacial score (nSPS) is 10.1. The number of nitrogens with one attached hydrogen (secondary N) is 1. The summed E-state index contributed by atoms with van der Waals surface area (Å²) in [5.74, 6) is -0.146. The average molecular weight is 344 g/mol. The lowest BCUT2D eigenvalue weighted by atomic mass is 10.3. The predicted octanol–water partition coefficient (Wildman–Crippen LogP) is 2.59. The van der Waals surface area contributed by atoms with Gasteiger partial charge in [0, 0.05) is 23.9 Å². The zero-order chi connectivity index (χ0) is 14.8. The monoisotopic (exact) mass is 343 g/mol. The Morgan fingerprint density at radius 2 is 1.85 bits per heavy atom. The summed E-state index contributed by atoms with van der Waals surface area (Å²) in [6.45, 7) is 0.878. The first kappa shape index (κ1) is 16.5. The number of carbonyl (C=O) groups excluding carboxylic acids is 1. The van der Waals surface area contributed by atoms with Crippen molar-refractivity contribution in [3.05, 3.63) is 28.7 Å². The number of amides is 1. The Hall–Kier alpha value is -1.56. The third-order valence-corrected chi connectivity index (χ3v) is 3.05. The van der Waals surface area contributed by atoms with Crippen molar-refractivity contribution >= 4 is 27.8 Å². The van der Waals surface area contributed by atoms with Gasteiger partial charge in [0.2, 0.25) is 5.91 Å². The molecule has 1 rings (SSSR count). The number of carboxylic acid groups (broad SMARTS) is 1. The summed E-state index contributed by atoms with van der Waals surface area (Å²) in [5.41, 5.74) is 0. The Balaban J connectivity index is 2.04. The van der Waals surface area contributed by atoms with E-state index >= 15 is 0 Å². The molecule has 0 heterocycles. The minimum Gasteiger partial charge on any atom is -0.494 e. The van der Waals surface area contributed by atoms with Gasteiger partial charge in [0.1, 0.15) is 5.75 Å². The van der Waals surface area contributed by atoms with Crippen LogP contribution in [0.5, 0.6) is 5.75 Å². The molecular formula is C14H18BrNO4. The van der Waals surface area contributed by atoms with Crippen molar-refractivity contribution < 1.29 is 19.4 Å². The molecule has 0 aliphatic heterocycles. The molecule has 0 fully saturated rings. The molecule has 5 nitrogen and oxygen atoms in total. The van der Waals surface area contributed by atoms with E-state index in [1.54, 1.807) is 0 Å². The van der Waals surface area contributed by atoms with Gasteiger partial charge in [-0.15, -0.1) is 0 Å². The van der Waals surface area contributed by atoms with E-state index in [1.165, 1.54) is 0 Å². The lowest BCUT2D eigenvalue weighted by Crippen LogP contribution is -2.25. The second kappa shape index (κ2) is 9.36. The van der Waals surface area contributed by atoms with Crippen LogP contribution in [0.3, 0.4) is 0 Å². The maximum absolute atomic E-state index is 11.4. The van der Waals surface area contributed by atoms with Gasteiger partial charge in [0.15, 0.2) is 0 Å². The molecule has 0 radical (unpaired) electrons. The smallest absolute Gasteiger partial charge is 0.303 e. The van der Waals surface area contributed by atoms with Gasteiger partial charge in [0.25, 0.3) is 0 Å². The van der Waals surface area contributed by atoms with Crippen LogP contribution in [0, 0.1) is 0 Å². The van der Waals surface area contributed by atoms with Crippen molar-refractivity contribution in [2.45, 2.75) is 25.7 Å². The van der Waals surface area contributed by atoms with Crippen LogP contribution < -0.4 is 10.1 Å². The summed E-state index contributed by atoms with van der Waals surface area (Å²) in [5, 5.41) is 11.1. The molecule has 0 aliphatic carbocycles. The van der Waals surface area contributed by atoms with Crippen LogP contribution in [-0.2, 0) is 9.59 Å². The summed E-state index contributed by atoms with van der Waals surface area (Å²) < 4.78 is 6.48. The highest BCUT2D eigenvalue weighted by Crippen LogP contribution is 2.16. The maximum atomic E-state index is 11.4. The van der Waals surface area contributed by atoms with Crippen molar-refractivity contribution in [1.29, 1.82) is 0 Å². The van der Waals surface area contributed by atoms with Gasteiger partial charge in [-0.05, 0) is 37.1 Å². The zero-order valence-corrected chi connectivity index (χ0v) is 12.7. The first-order valence-electron chi connectivity index (χ1n) is 6.45. The zero-order valence-electron chi connectivity index (χ0n) is 11.1. The molecule has 0 saturated heterocycles. The van der Waals surface area contributed by atoms with E-state index in [2.05, 4.69) is 21.2 Å². The minimum atomic E-state index is -0.845. The highest BCUT2D eigenvalue weighted by molar-refractivity contribution is 9.10. The van der Waals surface area contributed by atoms with Crippen LogP contribution >= 0.6 is 15.9 Å². The van der Waals surface area contributed by atoms with Crippen molar-refractivity contribution in [3.8, 4) is 5.75 Å². The minimum absolute atomic E-state index is 0.0743. The summed E-state index contributed by atoms with van der Waals surface area (Å²) >= 11 is 3.34. The molecule has 20 heavy (non-hydrogen) atoms. The number of rotatable bonds is 9. The Kier molecular flexibility index (Phi) is 7.72. The van der Waals surface area contributed by atoms with E-state index in [0.29, 0.717) is 32.4 Å². The Morgan fingerprint density at radius 3 is 2.50 bits per heavy atom. The van der Waals surface area contributed by atoms with Gasteiger partial charge in [-0.1, -0.05) is 15.9 Å². The van der Waals surface area contributed by atoms with E-state index in [1.807, 2.05) is 24.3 Å². The molecule has 1 amide bonds. The Morgan fingerprint density at radius 1 is 1.15 bits per heavy atom. The van der Waals surface area contributed by atoms with Gasteiger partial charge >= 0.3 is 5.97 Å². The predicted molar refractivity (Wildman–Crippen MR) is 78.8 cm³/mol. The standard InChI is InChI=1S/C14H18BrNO4/c15-11-5-7-12(8-6-11)20-10-2-3-13(17)16-9-1-4-14(18)19/h5-8H,1-4,9-10H2,(H,16,17)(H,18,19). The molecule has 0 spiro atoms. The molecule has 1 aromatic rings. The molecule has 0 aromatic heterocycles. The topological polar surface area (TPSA) is 75.6 Å². The molecule has 6 heteroatoms. The number of ether oxygens (including phenoxy) is 1. The SMILES string of the molecule is O=C(O)CCCNC(=O)CCCOc1ccc(Br)cc1. The maximum Gasteiger partial charge on any atom is 0.303 e. The van der Waals surface area contributed by atoms with E-state index in [9.17, 15) is 9.59 Å². The number of carboxylic acids is 1. The van der Waals surface area contributed by atoms with Gasteiger partial charge < -0.3 is 15.2 Å². The molecule has 1 aromatic carbocycles. The molecule has 110 valence electrons. The Labute approximate surface area is 126 Å². The van der Waals surface area contributed by atoms with Crippen molar-refractivity contribution in [3.63, 3.8) is 0 Å². The van der Waals surface area contributed by atoms with Crippen molar-refractivity contribution in [2.24, 2.45) is 0 Å². The summed E-state index contributed by atoms with van der Waals surface area (Å²) in [6.07, 6.45) is 1.54. The van der Waals surface area contributed by atoms with Crippen LogP contribution in [0.15, 0.2) is 28.7 Å². The van der Waals surface area contributed by atoms with E-state index < -0.39 is 5.97 Å². The first-order valence-corrected chi connectivity index (χ1v) is 7.24. The third kappa shape index (κ3) is 7.78. The number of benzene rings is 1. The van der Waals surface area contributed by atoms with E-state index in [4.69, 9.17) is 9.84 Å². The third-order valence-electron chi connectivity index (χ3n) is 2.52. The second-order valence-corrected chi connectivity index (χ2v) is 5.17. The number of aliphatic carboxylic acids is 1. The number of carbonyl (C=O) groups is 2. The van der Waals surface area contributed by atoms with Crippen LogP contribution in [0.4, 0.5) is 0 Å². The van der Waals surface area contributed by atoms with Gasteiger partial charge in [0.05, 0.1) is 6.61 Å². The van der Waals surface area contributed by atoms with Gasteiger partial charge in [-0.2, -0.15) is 0 Å². The Bertz CT molecular complexity index is 433. The molecule has 2 N–H and O–H groups in total. The average Bonchev–Trinajstić information content (AvgIpc) is 2.41. The molecule has 0 unspecified atom stereocenters. The second-order valence-electron chi connectivity index (χ2n) is 4.25. The number of hydrogen-bond acceptors (Lipinski definition) is 3. The summed E-state index contributed by atoms with van der Waals surface area (Å²) in [4.78, 5) is 21.7. The van der Waals surface area contributed by atoms with E-state index in [0.717, 1.165) is 10.2 Å². The van der Waals surface area contributed by atoms with Crippen LogP contribution in [-0.4, -0.2) is 30.1 Å². The fourth-order valence-electron chi connectivity index (χ4n) is 1.51. The summed E-state index contributed by atoms with van der Waals surface area (Å²) in [6, 6.07) is 7.50. The van der Waals surface area contributed by atoms with E-state index in [-0.39, 0.29) is 12.3 Å². The molecule has 0 bridgehead atoms. The first-order chi connectivity index (χ1) is 9.58. The van der Waals surface area contributed by atoms with Crippen LogP contribution in [0.2, 0.25) is 0 Å². The fourth-order valence-corrected chi connectivity index (χ4v) is 1.77. The number of hydrogen-bond donors (Lipinski definition) is 2. The van der Waals surface area contributed by atoms with Crippen LogP contribution in [0.25, 0.3) is 0 Å². The summed E-state index contributed by atoms with van der Waals surface area (Å²) in [7, 11) is 0. The fraction of sp³-hybridized carbons (Fsp3) is 0.429. The largest absolute Gasteiger partial charge is 0.494 e.